The van der Waals surface area contributed by atoms with Crippen molar-refractivity contribution in [1.29, 1.82) is 0 Å². The van der Waals surface area contributed by atoms with Gasteiger partial charge in [-0.25, -0.2) is 0 Å². The van der Waals surface area contributed by atoms with E-state index in [1.165, 1.54) is 33.2 Å². The van der Waals surface area contributed by atoms with Crippen molar-refractivity contribution in [3.63, 3.8) is 0 Å². The van der Waals surface area contributed by atoms with E-state index in [9.17, 15) is 0 Å². The van der Waals surface area contributed by atoms with Gasteiger partial charge in [0.05, 0.1) is 0 Å². The van der Waals surface area contributed by atoms with Crippen molar-refractivity contribution in [2.45, 2.75) is 58.7 Å². The summed E-state index contributed by atoms with van der Waals surface area (Å²) < 4.78 is 0. The van der Waals surface area contributed by atoms with Crippen LogP contribution in [0.3, 0.4) is 0 Å². The highest BCUT2D eigenvalue weighted by Crippen LogP contribution is 2.31. The molecule has 0 aliphatic carbocycles. The summed E-state index contributed by atoms with van der Waals surface area (Å²) in [5.74, 6) is 0. The molecule has 124 valence electrons. The second-order valence-corrected chi connectivity index (χ2v) is 9.18. The highest BCUT2D eigenvalue weighted by Gasteiger charge is 2.33. The molecule has 0 atom stereocenters. The normalized spacial score (nSPS) is 13.7. The SMILES string of the molecule is C=CCB1c2cc(C(C)(C)C)ccc2-c2ccc(C(C)(C)C)cc21. The number of hydrogen-bond donors (Lipinski definition) is 0. The standard InChI is InChI=1S/C23H29B/c1-8-13-24-20-14-16(22(2,3)4)9-11-18(20)19-12-10-17(15-21(19)24)23(5,6)7/h8-12,14-15H,1,13H2,2-7H3. The summed E-state index contributed by atoms with van der Waals surface area (Å²) in [5, 5.41) is 0. The van der Waals surface area contributed by atoms with Crippen molar-refractivity contribution in [2.75, 3.05) is 0 Å². The Labute approximate surface area is 148 Å². The Morgan fingerprint density at radius 3 is 1.54 bits per heavy atom. The minimum Gasteiger partial charge on any atom is -0.104 e. The lowest BCUT2D eigenvalue weighted by Crippen LogP contribution is -2.38. The van der Waals surface area contributed by atoms with Gasteiger partial charge in [0.15, 0.2) is 0 Å². The van der Waals surface area contributed by atoms with Crippen molar-refractivity contribution in [3.05, 3.63) is 60.2 Å². The Morgan fingerprint density at radius 1 is 0.792 bits per heavy atom. The number of benzene rings is 2. The topological polar surface area (TPSA) is 0 Å². The van der Waals surface area contributed by atoms with Gasteiger partial charge in [0, 0.05) is 0 Å². The molecular weight excluding hydrogens is 287 g/mol. The van der Waals surface area contributed by atoms with Crippen LogP contribution < -0.4 is 10.9 Å². The molecule has 2 aromatic carbocycles. The van der Waals surface area contributed by atoms with Crippen LogP contribution in [0.5, 0.6) is 0 Å². The number of allylic oxidation sites excluding steroid dienone is 1. The van der Waals surface area contributed by atoms with Crippen LogP contribution in [0.2, 0.25) is 6.32 Å². The maximum absolute atomic E-state index is 4.01. The molecule has 0 saturated carbocycles. The molecule has 0 fully saturated rings. The summed E-state index contributed by atoms with van der Waals surface area (Å²) in [6, 6.07) is 14.1. The van der Waals surface area contributed by atoms with E-state index in [4.69, 9.17) is 0 Å². The van der Waals surface area contributed by atoms with E-state index in [2.05, 4.69) is 90.6 Å². The molecule has 0 bridgehead atoms. The highest BCUT2D eigenvalue weighted by atomic mass is 14.2. The first kappa shape index (κ1) is 17.1. The van der Waals surface area contributed by atoms with Gasteiger partial charge in [0.2, 0.25) is 6.71 Å². The second-order valence-electron chi connectivity index (χ2n) is 9.18. The van der Waals surface area contributed by atoms with Crippen molar-refractivity contribution < 1.29 is 0 Å². The zero-order valence-corrected chi connectivity index (χ0v) is 16.0. The summed E-state index contributed by atoms with van der Waals surface area (Å²) in [7, 11) is 0. The quantitative estimate of drug-likeness (QED) is 0.537. The Kier molecular flexibility index (Phi) is 4.02. The smallest absolute Gasteiger partial charge is 0.104 e. The highest BCUT2D eigenvalue weighted by molar-refractivity contribution is 6.89. The molecule has 2 aromatic rings. The lowest BCUT2D eigenvalue weighted by atomic mass is 9.40. The molecule has 1 heteroatoms. The van der Waals surface area contributed by atoms with Gasteiger partial charge >= 0.3 is 0 Å². The zero-order valence-electron chi connectivity index (χ0n) is 16.0. The van der Waals surface area contributed by atoms with Crippen LogP contribution in [0.25, 0.3) is 11.1 Å². The molecule has 3 rings (SSSR count). The van der Waals surface area contributed by atoms with Crippen molar-refractivity contribution in [1.82, 2.24) is 0 Å². The fraction of sp³-hybridized carbons (Fsp3) is 0.391. The molecule has 0 aromatic heterocycles. The van der Waals surface area contributed by atoms with Crippen LogP contribution in [0, 0.1) is 0 Å². The molecule has 1 aliphatic rings. The fourth-order valence-electron chi connectivity index (χ4n) is 3.71. The van der Waals surface area contributed by atoms with E-state index in [-0.39, 0.29) is 10.8 Å². The predicted octanol–water partition coefficient (Wildman–Crippen LogP) is 5.06. The van der Waals surface area contributed by atoms with E-state index < -0.39 is 0 Å². The summed E-state index contributed by atoms with van der Waals surface area (Å²) in [6.45, 7) is 18.2. The fourth-order valence-corrected chi connectivity index (χ4v) is 3.71. The van der Waals surface area contributed by atoms with E-state index in [0.29, 0.717) is 6.71 Å². The molecular formula is C23H29B. The maximum atomic E-state index is 4.01. The van der Waals surface area contributed by atoms with Gasteiger partial charge in [-0.05, 0) is 39.4 Å². The molecule has 0 unspecified atom stereocenters. The van der Waals surface area contributed by atoms with Gasteiger partial charge in [-0.15, -0.1) is 6.58 Å². The molecule has 1 aliphatic heterocycles. The first-order chi connectivity index (χ1) is 11.1. The number of fused-ring (bicyclic) bond motifs is 3. The van der Waals surface area contributed by atoms with Crippen LogP contribution in [0.4, 0.5) is 0 Å². The van der Waals surface area contributed by atoms with Gasteiger partial charge in [-0.3, -0.25) is 0 Å². The zero-order chi connectivity index (χ0) is 17.7. The summed E-state index contributed by atoms with van der Waals surface area (Å²) >= 11 is 0. The summed E-state index contributed by atoms with van der Waals surface area (Å²) in [5.41, 5.74) is 8.96. The van der Waals surface area contributed by atoms with Crippen LogP contribution in [0.1, 0.15) is 52.7 Å². The van der Waals surface area contributed by atoms with E-state index in [1.807, 2.05) is 0 Å². The van der Waals surface area contributed by atoms with E-state index >= 15 is 0 Å². The predicted molar refractivity (Wildman–Crippen MR) is 109 cm³/mol. The van der Waals surface area contributed by atoms with Crippen LogP contribution in [-0.2, 0) is 10.8 Å². The first-order valence-electron chi connectivity index (χ1n) is 9.03. The van der Waals surface area contributed by atoms with Crippen LogP contribution in [0.15, 0.2) is 49.1 Å². The molecule has 0 saturated heterocycles. The lowest BCUT2D eigenvalue weighted by Gasteiger charge is -2.21. The molecule has 0 amide bonds. The van der Waals surface area contributed by atoms with Gasteiger partial charge in [0.25, 0.3) is 0 Å². The largest absolute Gasteiger partial charge is 0.214 e. The van der Waals surface area contributed by atoms with Gasteiger partial charge < -0.3 is 0 Å². The van der Waals surface area contributed by atoms with E-state index in [0.717, 1.165) is 6.32 Å². The first-order valence-corrected chi connectivity index (χ1v) is 9.03. The average molecular weight is 316 g/mol. The maximum Gasteiger partial charge on any atom is 0.214 e. The third-order valence-electron chi connectivity index (χ3n) is 5.28. The number of hydrogen-bond acceptors (Lipinski definition) is 0. The molecule has 0 N–H and O–H groups in total. The second kappa shape index (κ2) is 5.65. The number of rotatable bonds is 2. The Bertz CT molecular complexity index is 721. The van der Waals surface area contributed by atoms with E-state index in [1.54, 1.807) is 0 Å². The van der Waals surface area contributed by atoms with Crippen molar-refractivity contribution in [2.24, 2.45) is 0 Å². The molecule has 0 nitrogen and oxygen atoms in total. The third-order valence-corrected chi connectivity index (χ3v) is 5.28. The summed E-state index contributed by atoms with van der Waals surface area (Å²) in [4.78, 5) is 0. The monoisotopic (exact) mass is 316 g/mol. The molecule has 24 heavy (non-hydrogen) atoms. The van der Waals surface area contributed by atoms with Gasteiger partial charge in [-0.2, -0.15) is 0 Å². The molecule has 0 spiro atoms. The minimum atomic E-state index is 0.180. The van der Waals surface area contributed by atoms with Gasteiger partial charge in [-0.1, -0.05) is 94.9 Å². The Balaban J connectivity index is 2.18. The van der Waals surface area contributed by atoms with Gasteiger partial charge in [0.1, 0.15) is 0 Å². The minimum absolute atomic E-state index is 0.180. The third kappa shape index (κ3) is 2.86. The molecule has 1 heterocycles. The average Bonchev–Trinajstić information content (AvgIpc) is 2.79. The lowest BCUT2D eigenvalue weighted by molar-refractivity contribution is 0.590. The van der Waals surface area contributed by atoms with Crippen LogP contribution in [-0.4, -0.2) is 6.71 Å². The van der Waals surface area contributed by atoms with Crippen molar-refractivity contribution >= 4 is 17.6 Å². The Hall–Kier alpha value is -1.76. The van der Waals surface area contributed by atoms with Crippen LogP contribution >= 0.6 is 0 Å². The molecule has 0 radical (unpaired) electrons. The summed E-state index contributed by atoms with van der Waals surface area (Å²) in [6.07, 6.45) is 3.07. The van der Waals surface area contributed by atoms with Crippen molar-refractivity contribution in [3.8, 4) is 11.1 Å². The Morgan fingerprint density at radius 2 is 1.21 bits per heavy atom.